The maximum atomic E-state index is 12.5. The van der Waals surface area contributed by atoms with Crippen LogP contribution in [-0.4, -0.2) is 35.8 Å². The van der Waals surface area contributed by atoms with Crippen LogP contribution in [0.4, 0.5) is 4.79 Å². The summed E-state index contributed by atoms with van der Waals surface area (Å²) in [5.74, 6) is 0. The van der Waals surface area contributed by atoms with Gasteiger partial charge in [-0.3, -0.25) is 0 Å². The fourth-order valence-corrected chi connectivity index (χ4v) is 5.00. The van der Waals surface area contributed by atoms with E-state index in [1.165, 1.54) is 15.3 Å². The number of rotatable bonds is 1. The number of nitrogens with zero attached hydrogens (tertiary/aromatic N) is 1. The second kappa shape index (κ2) is 6.34. The van der Waals surface area contributed by atoms with Crippen LogP contribution >= 0.6 is 11.3 Å². The first-order chi connectivity index (χ1) is 11.2. The summed E-state index contributed by atoms with van der Waals surface area (Å²) in [5.41, 5.74) is 0.713. The van der Waals surface area contributed by atoms with Gasteiger partial charge in [-0.15, -0.1) is 11.3 Å². The number of amides is 1. The molecule has 2 aliphatic heterocycles. The highest BCUT2D eigenvalue weighted by Crippen LogP contribution is 2.46. The Morgan fingerprint density at radius 1 is 1.50 bits per heavy atom. The normalized spacial score (nSPS) is 27.2. The largest absolute Gasteiger partial charge is 0.444 e. The lowest BCUT2D eigenvalue weighted by molar-refractivity contribution is -0.110. The van der Waals surface area contributed by atoms with Gasteiger partial charge in [0.15, 0.2) is 0 Å². The number of piperidine rings is 1. The van der Waals surface area contributed by atoms with Gasteiger partial charge in [-0.2, -0.15) is 0 Å². The van der Waals surface area contributed by atoms with Crippen LogP contribution in [0.5, 0.6) is 0 Å². The van der Waals surface area contributed by atoms with E-state index in [2.05, 4.69) is 19.9 Å². The number of thiophene rings is 1. The van der Waals surface area contributed by atoms with Gasteiger partial charge in [-0.05, 0) is 52.2 Å². The zero-order valence-corrected chi connectivity index (χ0v) is 16.3. The molecule has 0 aliphatic carbocycles. The van der Waals surface area contributed by atoms with E-state index in [4.69, 9.17) is 9.47 Å². The highest BCUT2D eigenvalue weighted by Gasteiger charge is 2.46. The smallest absolute Gasteiger partial charge is 0.410 e. The van der Waals surface area contributed by atoms with E-state index >= 15 is 0 Å². The van der Waals surface area contributed by atoms with Crippen molar-refractivity contribution in [3.8, 4) is 0 Å². The fourth-order valence-electron chi connectivity index (χ4n) is 3.82. The van der Waals surface area contributed by atoms with Crippen molar-refractivity contribution in [2.45, 2.75) is 77.5 Å². The SMILES string of the molecule is CCc1cc2c(s1)CCOC21CCN(C(=O)OC(C)(C)C)C(C)C1. The predicted molar refractivity (Wildman–Crippen MR) is 96.7 cm³/mol. The van der Waals surface area contributed by atoms with E-state index in [0.29, 0.717) is 6.54 Å². The molecule has 0 saturated carbocycles. The molecule has 0 N–H and O–H groups in total. The van der Waals surface area contributed by atoms with Gasteiger partial charge in [0.1, 0.15) is 5.60 Å². The Morgan fingerprint density at radius 3 is 2.88 bits per heavy atom. The number of ether oxygens (including phenoxy) is 2. The van der Waals surface area contributed by atoms with Gasteiger partial charge in [-0.1, -0.05) is 6.92 Å². The number of carbonyl (C=O) groups excluding carboxylic acids is 1. The molecule has 3 rings (SSSR count). The van der Waals surface area contributed by atoms with Crippen LogP contribution in [0.25, 0.3) is 0 Å². The highest BCUT2D eigenvalue weighted by molar-refractivity contribution is 7.12. The van der Waals surface area contributed by atoms with Crippen molar-refractivity contribution in [1.82, 2.24) is 4.90 Å². The summed E-state index contributed by atoms with van der Waals surface area (Å²) in [7, 11) is 0. The van der Waals surface area contributed by atoms with E-state index in [1.807, 2.05) is 37.0 Å². The number of fused-ring (bicyclic) bond motifs is 2. The third-order valence-corrected chi connectivity index (χ3v) is 6.29. The second-order valence-electron chi connectivity index (χ2n) is 7.97. The Hall–Kier alpha value is -1.07. The Balaban J connectivity index is 1.78. The molecule has 0 aromatic carbocycles. The van der Waals surface area contributed by atoms with Gasteiger partial charge in [0.2, 0.25) is 0 Å². The molecule has 5 heteroatoms. The summed E-state index contributed by atoms with van der Waals surface area (Å²) >= 11 is 1.93. The quantitative estimate of drug-likeness (QED) is 0.748. The lowest BCUT2D eigenvalue weighted by atomic mass is 9.79. The molecule has 4 nitrogen and oxygen atoms in total. The Morgan fingerprint density at radius 2 is 2.25 bits per heavy atom. The number of hydrogen-bond donors (Lipinski definition) is 0. The van der Waals surface area contributed by atoms with Crippen molar-refractivity contribution in [2.75, 3.05) is 13.2 Å². The highest BCUT2D eigenvalue weighted by atomic mass is 32.1. The molecule has 1 saturated heterocycles. The molecule has 1 fully saturated rings. The Labute approximate surface area is 149 Å². The molecule has 2 atom stereocenters. The first kappa shape index (κ1) is 17.7. The minimum atomic E-state index is -0.455. The van der Waals surface area contributed by atoms with Crippen LogP contribution in [0.2, 0.25) is 0 Å². The van der Waals surface area contributed by atoms with Crippen molar-refractivity contribution < 1.29 is 14.3 Å². The van der Waals surface area contributed by atoms with Gasteiger partial charge in [0.25, 0.3) is 0 Å². The standard InChI is InChI=1S/C19H29NO3S/c1-6-14-11-15-16(24-14)7-10-22-19(15)8-9-20(13(2)12-19)17(21)23-18(3,4)5/h11,13H,6-10,12H2,1-5H3. The summed E-state index contributed by atoms with van der Waals surface area (Å²) in [5, 5.41) is 0. The molecule has 1 amide bonds. The second-order valence-corrected chi connectivity index (χ2v) is 9.19. The molecule has 2 aliphatic rings. The molecule has 0 radical (unpaired) electrons. The summed E-state index contributed by atoms with van der Waals surface area (Å²) in [6, 6.07) is 2.46. The van der Waals surface area contributed by atoms with E-state index in [-0.39, 0.29) is 17.7 Å². The lowest BCUT2D eigenvalue weighted by Gasteiger charge is -2.47. The van der Waals surface area contributed by atoms with Crippen molar-refractivity contribution in [3.05, 3.63) is 21.4 Å². The van der Waals surface area contributed by atoms with Crippen molar-refractivity contribution in [2.24, 2.45) is 0 Å². The third-order valence-electron chi connectivity index (χ3n) is 4.95. The first-order valence-electron chi connectivity index (χ1n) is 9.00. The minimum Gasteiger partial charge on any atom is -0.444 e. The van der Waals surface area contributed by atoms with Gasteiger partial charge >= 0.3 is 6.09 Å². The summed E-state index contributed by atoms with van der Waals surface area (Å²) in [4.78, 5) is 17.2. The average Bonchev–Trinajstić information content (AvgIpc) is 2.90. The average molecular weight is 352 g/mol. The zero-order chi connectivity index (χ0) is 17.5. The van der Waals surface area contributed by atoms with Crippen molar-refractivity contribution in [1.29, 1.82) is 0 Å². The predicted octanol–water partition coefficient (Wildman–Crippen LogP) is 4.50. The number of likely N-dealkylation sites (tertiary alicyclic amines) is 1. The number of aryl methyl sites for hydroxylation is 1. The maximum absolute atomic E-state index is 12.5. The molecule has 24 heavy (non-hydrogen) atoms. The lowest BCUT2D eigenvalue weighted by Crippen LogP contribution is -2.53. The molecule has 1 aromatic rings. The third kappa shape index (κ3) is 3.33. The minimum absolute atomic E-state index is 0.115. The number of hydrogen-bond acceptors (Lipinski definition) is 4. The van der Waals surface area contributed by atoms with E-state index < -0.39 is 5.60 Å². The van der Waals surface area contributed by atoms with Gasteiger partial charge in [0.05, 0.1) is 12.2 Å². The monoisotopic (exact) mass is 351 g/mol. The Kier molecular flexibility index (Phi) is 4.69. The van der Waals surface area contributed by atoms with E-state index in [1.54, 1.807) is 0 Å². The van der Waals surface area contributed by atoms with Crippen molar-refractivity contribution >= 4 is 17.4 Å². The van der Waals surface area contributed by atoms with Crippen LogP contribution in [0, 0.1) is 0 Å². The molecular weight excluding hydrogens is 322 g/mol. The molecular formula is C19H29NO3S. The van der Waals surface area contributed by atoms with Crippen molar-refractivity contribution in [3.63, 3.8) is 0 Å². The van der Waals surface area contributed by atoms with Crippen LogP contribution < -0.4 is 0 Å². The zero-order valence-electron chi connectivity index (χ0n) is 15.5. The molecule has 134 valence electrons. The van der Waals surface area contributed by atoms with Crippen LogP contribution in [0.15, 0.2) is 6.07 Å². The molecule has 0 bridgehead atoms. The van der Waals surface area contributed by atoms with Gasteiger partial charge in [-0.25, -0.2) is 4.79 Å². The van der Waals surface area contributed by atoms with Crippen LogP contribution in [-0.2, 0) is 27.9 Å². The molecule has 3 heterocycles. The van der Waals surface area contributed by atoms with E-state index in [9.17, 15) is 4.79 Å². The van der Waals surface area contributed by atoms with Crippen LogP contribution in [0.1, 0.15) is 62.8 Å². The number of carbonyl (C=O) groups is 1. The summed E-state index contributed by atoms with van der Waals surface area (Å²) in [6.45, 7) is 11.5. The topological polar surface area (TPSA) is 38.8 Å². The van der Waals surface area contributed by atoms with E-state index in [0.717, 1.165) is 32.3 Å². The molecule has 2 unspecified atom stereocenters. The Bertz CT molecular complexity index is 619. The summed E-state index contributed by atoms with van der Waals surface area (Å²) in [6.07, 6.45) is 3.59. The molecule has 1 aromatic heterocycles. The van der Waals surface area contributed by atoms with Gasteiger partial charge < -0.3 is 14.4 Å². The maximum Gasteiger partial charge on any atom is 0.410 e. The van der Waals surface area contributed by atoms with Gasteiger partial charge in [0, 0.05) is 35.2 Å². The first-order valence-corrected chi connectivity index (χ1v) is 9.81. The summed E-state index contributed by atoms with van der Waals surface area (Å²) < 4.78 is 11.9. The molecule has 1 spiro atoms. The van der Waals surface area contributed by atoms with Crippen LogP contribution in [0.3, 0.4) is 0 Å². The fraction of sp³-hybridized carbons (Fsp3) is 0.737.